The van der Waals surface area contributed by atoms with Gasteiger partial charge in [-0.05, 0) is 44.2 Å². The van der Waals surface area contributed by atoms with Crippen molar-refractivity contribution in [3.05, 3.63) is 58.1 Å². The number of nitrogens with zero attached hydrogens (tertiary/aromatic N) is 1. The van der Waals surface area contributed by atoms with Crippen molar-refractivity contribution in [2.45, 2.75) is 24.8 Å². The predicted octanol–water partition coefficient (Wildman–Crippen LogP) is 3.82. The van der Waals surface area contributed by atoms with Gasteiger partial charge >= 0.3 is 5.97 Å². The molecule has 0 heterocycles. The second kappa shape index (κ2) is 9.58. The number of rotatable bonds is 7. The monoisotopic (exact) mass is 458 g/mol. The lowest BCUT2D eigenvalue weighted by Crippen LogP contribution is -2.33. The van der Waals surface area contributed by atoms with Gasteiger partial charge in [-0.3, -0.25) is 4.79 Å². The van der Waals surface area contributed by atoms with Crippen LogP contribution in [0.2, 0.25) is 10.0 Å². The number of ether oxygens (including phenoxy) is 1. The van der Waals surface area contributed by atoms with Crippen LogP contribution in [0.4, 0.5) is 5.69 Å². The van der Waals surface area contributed by atoms with Gasteiger partial charge in [0, 0.05) is 13.1 Å². The number of carbonyl (C=O) groups excluding carboxylic acids is 2. The first-order valence-electron chi connectivity index (χ1n) is 8.53. The van der Waals surface area contributed by atoms with Crippen LogP contribution in [-0.4, -0.2) is 44.3 Å². The van der Waals surface area contributed by atoms with E-state index in [0.717, 1.165) is 0 Å². The van der Waals surface area contributed by atoms with Crippen LogP contribution in [0, 0.1) is 0 Å². The van der Waals surface area contributed by atoms with E-state index in [0.29, 0.717) is 0 Å². The third kappa shape index (κ3) is 5.70. The molecule has 0 aliphatic rings. The Morgan fingerprint density at radius 2 is 1.69 bits per heavy atom. The maximum Gasteiger partial charge on any atom is 0.338 e. The molecule has 0 bridgehead atoms. The molecule has 2 rings (SSSR count). The summed E-state index contributed by atoms with van der Waals surface area (Å²) < 4.78 is 31.3. The van der Waals surface area contributed by atoms with E-state index in [2.05, 4.69) is 5.32 Å². The van der Waals surface area contributed by atoms with Gasteiger partial charge in [0.2, 0.25) is 10.0 Å². The van der Waals surface area contributed by atoms with Crippen LogP contribution >= 0.6 is 23.2 Å². The lowest BCUT2D eigenvalue weighted by Gasteiger charge is -2.21. The topological polar surface area (TPSA) is 92.8 Å². The lowest BCUT2D eigenvalue weighted by atomic mass is 10.2. The van der Waals surface area contributed by atoms with E-state index in [1.165, 1.54) is 35.6 Å². The first-order valence-corrected chi connectivity index (χ1v) is 10.7. The normalized spacial score (nSPS) is 11.6. The van der Waals surface area contributed by atoms with Crippen molar-refractivity contribution < 1.29 is 22.7 Å². The summed E-state index contributed by atoms with van der Waals surface area (Å²) in [6.45, 7) is 2.88. The minimum absolute atomic E-state index is 0.00630. The quantitative estimate of drug-likeness (QED) is 0.636. The Labute approximate surface area is 179 Å². The van der Waals surface area contributed by atoms with Crippen molar-refractivity contribution in [2.24, 2.45) is 0 Å². The van der Waals surface area contributed by atoms with Gasteiger partial charge < -0.3 is 10.1 Å². The molecule has 156 valence electrons. The van der Waals surface area contributed by atoms with Crippen molar-refractivity contribution in [1.82, 2.24) is 4.31 Å². The Hall–Kier alpha value is -2.13. The van der Waals surface area contributed by atoms with Crippen LogP contribution in [0.15, 0.2) is 47.4 Å². The molecule has 0 aliphatic carbocycles. The maximum absolute atomic E-state index is 12.6. The number of anilines is 1. The van der Waals surface area contributed by atoms with Crippen LogP contribution in [0.5, 0.6) is 0 Å². The van der Waals surface area contributed by atoms with Crippen molar-refractivity contribution in [1.29, 1.82) is 0 Å². The number of amides is 1. The summed E-state index contributed by atoms with van der Waals surface area (Å²) in [6.07, 6.45) is 0. The third-order valence-electron chi connectivity index (χ3n) is 4.04. The van der Waals surface area contributed by atoms with Crippen LogP contribution in [0.3, 0.4) is 0 Å². The molecule has 2 aromatic carbocycles. The third-order valence-corrected chi connectivity index (χ3v) is 6.69. The van der Waals surface area contributed by atoms with Crippen LogP contribution < -0.4 is 5.32 Å². The molecule has 0 aliphatic heterocycles. The van der Waals surface area contributed by atoms with Gasteiger partial charge in [-0.2, -0.15) is 4.31 Å². The van der Waals surface area contributed by atoms with Gasteiger partial charge in [-0.25, -0.2) is 13.2 Å². The Bertz CT molecular complexity index is 1000. The predicted molar refractivity (Wildman–Crippen MR) is 112 cm³/mol. The zero-order valence-corrected chi connectivity index (χ0v) is 18.3. The van der Waals surface area contributed by atoms with Crippen molar-refractivity contribution in [3.8, 4) is 0 Å². The highest BCUT2D eigenvalue weighted by atomic mass is 35.5. The number of nitrogens with one attached hydrogen (secondary N) is 1. The van der Waals surface area contributed by atoms with E-state index in [9.17, 15) is 18.0 Å². The number of esters is 1. The Balaban J connectivity index is 2.07. The maximum atomic E-state index is 12.6. The zero-order valence-electron chi connectivity index (χ0n) is 16.0. The molecule has 10 heteroatoms. The minimum Gasteiger partial charge on any atom is -0.452 e. The number of benzene rings is 2. The summed E-state index contributed by atoms with van der Waals surface area (Å²) in [5.74, 6) is -1.48. The highest BCUT2D eigenvalue weighted by molar-refractivity contribution is 7.89. The number of para-hydroxylation sites is 1. The van der Waals surface area contributed by atoms with Gasteiger partial charge in [-0.15, -0.1) is 0 Å². The molecule has 1 N–H and O–H groups in total. The fourth-order valence-corrected chi connectivity index (χ4v) is 4.14. The number of halogens is 2. The molecule has 0 fully saturated rings. The van der Waals surface area contributed by atoms with Gasteiger partial charge in [0.05, 0.1) is 26.2 Å². The van der Waals surface area contributed by atoms with E-state index < -0.39 is 28.5 Å². The molecule has 0 unspecified atom stereocenters. The standard InChI is InChI=1S/C19H20Cl2N2O5S/c1-12(2)23(3)29(26,27)14-7-4-6-13(10-14)19(25)28-11-17(24)22-18-15(20)8-5-9-16(18)21/h4-10,12H,11H2,1-3H3,(H,22,24). The highest BCUT2D eigenvalue weighted by Crippen LogP contribution is 2.29. The average molecular weight is 459 g/mol. The Morgan fingerprint density at radius 1 is 1.10 bits per heavy atom. The van der Waals surface area contributed by atoms with Crippen molar-refractivity contribution in [3.63, 3.8) is 0 Å². The summed E-state index contributed by atoms with van der Waals surface area (Å²) in [5.41, 5.74) is 0.216. The van der Waals surface area contributed by atoms with E-state index in [4.69, 9.17) is 27.9 Å². The molecule has 0 spiro atoms. The van der Waals surface area contributed by atoms with E-state index in [-0.39, 0.29) is 32.2 Å². The summed E-state index contributed by atoms with van der Waals surface area (Å²) in [7, 11) is -2.31. The summed E-state index contributed by atoms with van der Waals surface area (Å²) >= 11 is 11.9. The molecular weight excluding hydrogens is 439 g/mol. The molecule has 0 atom stereocenters. The van der Waals surface area contributed by atoms with Gasteiger partial charge in [0.1, 0.15) is 0 Å². The fraction of sp³-hybridized carbons (Fsp3) is 0.263. The molecule has 0 aromatic heterocycles. The molecule has 7 nitrogen and oxygen atoms in total. The summed E-state index contributed by atoms with van der Waals surface area (Å²) in [4.78, 5) is 24.2. The number of sulfonamides is 1. The molecule has 1 amide bonds. The van der Waals surface area contributed by atoms with E-state index in [1.807, 2.05) is 0 Å². The van der Waals surface area contributed by atoms with Crippen LogP contribution in [0.1, 0.15) is 24.2 Å². The summed E-state index contributed by atoms with van der Waals surface area (Å²) in [6, 6.07) is 9.90. The Morgan fingerprint density at radius 3 is 2.28 bits per heavy atom. The SMILES string of the molecule is CC(C)N(C)S(=O)(=O)c1cccc(C(=O)OCC(=O)Nc2c(Cl)cccc2Cl)c1. The van der Waals surface area contributed by atoms with Crippen molar-refractivity contribution in [2.75, 3.05) is 19.0 Å². The zero-order chi connectivity index (χ0) is 21.8. The number of hydrogen-bond donors (Lipinski definition) is 1. The molecule has 2 aromatic rings. The second-order valence-electron chi connectivity index (χ2n) is 6.36. The average Bonchev–Trinajstić information content (AvgIpc) is 2.68. The fourth-order valence-electron chi connectivity index (χ4n) is 2.23. The van der Waals surface area contributed by atoms with E-state index >= 15 is 0 Å². The number of carbonyl (C=O) groups is 2. The highest BCUT2D eigenvalue weighted by Gasteiger charge is 2.24. The van der Waals surface area contributed by atoms with Crippen molar-refractivity contribution >= 4 is 50.8 Å². The summed E-state index contributed by atoms with van der Waals surface area (Å²) in [5, 5.41) is 2.95. The van der Waals surface area contributed by atoms with Crippen LogP contribution in [-0.2, 0) is 19.6 Å². The minimum atomic E-state index is -3.76. The number of hydrogen-bond acceptors (Lipinski definition) is 5. The largest absolute Gasteiger partial charge is 0.452 e. The Kier molecular flexibility index (Phi) is 7.65. The molecule has 0 saturated heterocycles. The molecule has 0 radical (unpaired) electrons. The van der Waals surface area contributed by atoms with Gasteiger partial charge in [0.15, 0.2) is 6.61 Å². The van der Waals surface area contributed by atoms with Gasteiger partial charge in [0.25, 0.3) is 5.91 Å². The molecule has 0 saturated carbocycles. The second-order valence-corrected chi connectivity index (χ2v) is 9.18. The first kappa shape index (κ1) is 23.2. The van der Waals surface area contributed by atoms with Crippen LogP contribution in [0.25, 0.3) is 0 Å². The van der Waals surface area contributed by atoms with E-state index in [1.54, 1.807) is 32.0 Å². The lowest BCUT2D eigenvalue weighted by molar-refractivity contribution is -0.119. The van der Waals surface area contributed by atoms with Gasteiger partial charge in [-0.1, -0.05) is 35.3 Å². The first-order chi connectivity index (χ1) is 13.5. The molecule has 29 heavy (non-hydrogen) atoms. The molecular formula is C19H20Cl2N2O5S. The smallest absolute Gasteiger partial charge is 0.338 e.